The summed E-state index contributed by atoms with van der Waals surface area (Å²) in [4.78, 5) is 21.8. The first kappa shape index (κ1) is 22.5. The number of carbonyl (C=O) groups is 1. The lowest BCUT2D eigenvalue weighted by atomic mass is 10.1. The third-order valence-corrected chi connectivity index (χ3v) is 5.01. The summed E-state index contributed by atoms with van der Waals surface area (Å²) in [6.45, 7) is 0. The van der Waals surface area contributed by atoms with Crippen LogP contribution in [0.25, 0.3) is 6.08 Å². The third kappa shape index (κ3) is 5.39. The molecule has 0 atom stereocenters. The molecular weight excluding hydrogens is 428 g/mol. The molecule has 170 valence electrons. The maximum atomic E-state index is 13.0. The molecule has 0 amide bonds. The van der Waals surface area contributed by atoms with Crippen molar-refractivity contribution in [2.24, 2.45) is 0 Å². The van der Waals surface area contributed by atoms with Gasteiger partial charge in [-0.1, -0.05) is 18.2 Å². The Morgan fingerprint density at radius 3 is 2.24 bits per heavy atom. The van der Waals surface area contributed by atoms with Crippen LogP contribution in [0.4, 0.5) is 23.0 Å². The molecule has 34 heavy (non-hydrogen) atoms. The number of nitrogens with one attached hydrogen (secondary N) is 2. The smallest absolute Gasteiger partial charge is 0.189 e. The average molecular weight is 453 g/mol. The van der Waals surface area contributed by atoms with Crippen molar-refractivity contribution < 1.29 is 14.3 Å². The molecule has 7 heteroatoms. The van der Waals surface area contributed by atoms with E-state index < -0.39 is 0 Å². The second kappa shape index (κ2) is 10.8. The molecule has 2 aromatic carbocycles. The highest BCUT2D eigenvalue weighted by atomic mass is 16.5. The molecule has 7 nitrogen and oxygen atoms in total. The van der Waals surface area contributed by atoms with Gasteiger partial charge in [0.1, 0.15) is 11.6 Å². The number of methoxy groups -OCH3 is 2. The zero-order valence-corrected chi connectivity index (χ0v) is 18.9. The van der Waals surface area contributed by atoms with Crippen LogP contribution in [0.1, 0.15) is 15.9 Å². The van der Waals surface area contributed by atoms with Crippen LogP contribution in [-0.4, -0.2) is 30.0 Å². The Morgan fingerprint density at radius 1 is 0.765 bits per heavy atom. The van der Waals surface area contributed by atoms with Gasteiger partial charge in [-0.25, -0.2) is 9.97 Å². The fourth-order valence-electron chi connectivity index (χ4n) is 3.32. The highest BCUT2D eigenvalue weighted by Crippen LogP contribution is 2.31. The first-order valence-electron chi connectivity index (χ1n) is 10.6. The van der Waals surface area contributed by atoms with Crippen molar-refractivity contribution in [1.82, 2.24) is 9.97 Å². The molecule has 4 rings (SSSR count). The lowest BCUT2D eigenvalue weighted by molar-refractivity contribution is 0.104. The number of nitrogens with zero attached hydrogens (tertiary/aromatic N) is 2. The average Bonchev–Trinajstić information content (AvgIpc) is 2.89. The van der Waals surface area contributed by atoms with Crippen LogP contribution in [0.2, 0.25) is 0 Å². The minimum Gasteiger partial charge on any atom is -0.493 e. The van der Waals surface area contributed by atoms with Gasteiger partial charge < -0.3 is 20.1 Å². The zero-order valence-electron chi connectivity index (χ0n) is 18.9. The topological polar surface area (TPSA) is 85.4 Å². The number of ether oxygens (including phenoxy) is 2. The summed E-state index contributed by atoms with van der Waals surface area (Å²) in [6, 6.07) is 22.3. The van der Waals surface area contributed by atoms with E-state index in [2.05, 4.69) is 20.6 Å². The van der Waals surface area contributed by atoms with Crippen LogP contribution < -0.4 is 20.1 Å². The van der Waals surface area contributed by atoms with Crippen molar-refractivity contribution in [3.63, 3.8) is 0 Å². The maximum absolute atomic E-state index is 13.0. The van der Waals surface area contributed by atoms with Gasteiger partial charge in [-0.15, -0.1) is 0 Å². The first-order chi connectivity index (χ1) is 16.7. The molecule has 2 N–H and O–H groups in total. The van der Waals surface area contributed by atoms with Crippen LogP contribution >= 0.6 is 0 Å². The number of benzene rings is 2. The molecule has 0 unspecified atom stereocenters. The maximum Gasteiger partial charge on any atom is 0.189 e. The summed E-state index contributed by atoms with van der Waals surface area (Å²) < 4.78 is 10.7. The predicted octanol–water partition coefficient (Wildman–Crippen LogP) is 5.88. The summed E-state index contributed by atoms with van der Waals surface area (Å²) in [5.74, 6) is 2.17. The van der Waals surface area contributed by atoms with Crippen molar-refractivity contribution in [3.8, 4) is 11.5 Å². The van der Waals surface area contributed by atoms with Crippen LogP contribution in [0, 0.1) is 0 Å². The Kier molecular flexibility index (Phi) is 7.15. The Hall–Kier alpha value is -4.65. The van der Waals surface area contributed by atoms with Gasteiger partial charge >= 0.3 is 0 Å². The number of rotatable bonds is 9. The van der Waals surface area contributed by atoms with E-state index >= 15 is 0 Å². The number of pyridine rings is 2. The molecular formula is C27H24N4O3. The number of allylic oxidation sites excluding steroid dienone is 1. The summed E-state index contributed by atoms with van der Waals surface area (Å²) >= 11 is 0. The molecule has 0 aliphatic heterocycles. The minimum absolute atomic E-state index is 0.174. The van der Waals surface area contributed by atoms with Crippen molar-refractivity contribution in [1.29, 1.82) is 0 Å². The Bertz CT molecular complexity index is 1310. The standard InChI is InChI=1S/C27H24N4O3/c1-33-24-15-13-21(18-25(24)34-2)31-26-19(8-6-16-28-26)12-14-23(32)22-11-7-17-29-27(22)30-20-9-4-3-5-10-20/h3-18H,1-2H3,(H,28,31)(H,29,30)/b14-12+. The van der Waals surface area contributed by atoms with Crippen LogP contribution in [0.15, 0.2) is 91.3 Å². The van der Waals surface area contributed by atoms with E-state index in [4.69, 9.17) is 9.47 Å². The van der Waals surface area contributed by atoms with Crippen molar-refractivity contribution in [2.75, 3.05) is 24.9 Å². The van der Waals surface area contributed by atoms with Gasteiger partial charge in [0.2, 0.25) is 0 Å². The van der Waals surface area contributed by atoms with Crippen molar-refractivity contribution in [3.05, 3.63) is 102 Å². The highest BCUT2D eigenvalue weighted by molar-refractivity contribution is 6.10. The number of hydrogen-bond donors (Lipinski definition) is 2. The number of hydrogen-bond acceptors (Lipinski definition) is 7. The monoisotopic (exact) mass is 452 g/mol. The second-order valence-electron chi connectivity index (χ2n) is 7.22. The summed E-state index contributed by atoms with van der Waals surface area (Å²) in [7, 11) is 3.17. The molecule has 0 fully saturated rings. The van der Waals surface area contributed by atoms with Crippen LogP contribution in [0.5, 0.6) is 11.5 Å². The number of ketones is 1. The zero-order chi connectivity index (χ0) is 23.8. The molecule has 0 bridgehead atoms. The SMILES string of the molecule is COc1ccc(Nc2ncccc2/C=C/C(=O)c2cccnc2Nc2ccccc2)cc1OC. The van der Waals surface area contributed by atoms with Gasteiger partial charge in [0.25, 0.3) is 0 Å². The Balaban J connectivity index is 1.55. The minimum atomic E-state index is -0.174. The molecule has 2 aromatic heterocycles. The molecule has 0 saturated carbocycles. The van der Waals surface area contributed by atoms with Gasteiger partial charge in [0.05, 0.1) is 19.8 Å². The summed E-state index contributed by atoms with van der Waals surface area (Å²) in [6.07, 6.45) is 6.59. The lowest BCUT2D eigenvalue weighted by Gasteiger charge is -2.12. The summed E-state index contributed by atoms with van der Waals surface area (Å²) in [5.41, 5.74) is 2.86. The molecule has 0 spiro atoms. The Morgan fingerprint density at radius 2 is 1.47 bits per heavy atom. The Labute approximate surface area is 198 Å². The van der Waals surface area contributed by atoms with Crippen molar-refractivity contribution in [2.45, 2.75) is 0 Å². The molecule has 0 aliphatic carbocycles. The van der Waals surface area contributed by atoms with E-state index in [1.54, 1.807) is 44.8 Å². The molecule has 0 radical (unpaired) electrons. The van der Waals surface area contributed by atoms with Gasteiger partial charge in [-0.3, -0.25) is 4.79 Å². The number of para-hydroxylation sites is 1. The fourth-order valence-corrected chi connectivity index (χ4v) is 3.32. The van der Waals surface area contributed by atoms with Crippen LogP contribution in [-0.2, 0) is 0 Å². The lowest BCUT2D eigenvalue weighted by Crippen LogP contribution is -2.03. The first-order valence-corrected chi connectivity index (χ1v) is 10.6. The number of carbonyl (C=O) groups excluding carboxylic acids is 1. The number of aromatic nitrogens is 2. The van der Waals surface area contributed by atoms with E-state index in [-0.39, 0.29) is 5.78 Å². The van der Waals surface area contributed by atoms with Gasteiger partial charge in [0.15, 0.2) is 17.3 Å². The fraction of sp³-hybridized carbons (Fsp3) is 0.0741. The van der Waals surface area contributed by atoms with E-state index in [0.29, 0.717) is 28.7 Å². The van der Waals surface area contributed by atoms with Crippen LogP contribution in [0.3, 0.4) is 0 Å². The normalized spacial score (nSPS) is 10.6. The molecule has 2 heterocycles. The second-order valence-corrected chi connectivity index (χ2v) is 7.22. The largest absolute Gasteiger partial charge is 0.493 e. The van der Waals surface area contributed by atoms with Crippen molar-refractivity contribution >= 4 is 34.9 Å². The van der Waals surface area contributed by atoms with Gasteiger partial charge in [-0.05, 0) is 60.7 Å². The van der Waals surface area contributed by atoms with E-state index in [9.17, 15) is 4.79 Å². The predicted molar refractivity (Wildman–Crippen MR) is 134 cm³/mol. The van der Waals surface area contributed by atoms with E-state index in [1.807, 2.05) is 60.7 Å². The van der Waals surface area contributed by atoms with E-state index in [1.165, 1.54) is 6.08 Å². The quantitative estimate of drug-likeness (QED) is 0.242. The molecule has 4 aromatic rings. The number of anilines is 4. The van der Waals surface area contributed by atoms with Gasteiger partial charge in [-0.2, -0.15) is 0 Å². The third-order valence-electron chi connectivity index (χ3n) is 5.01. The molecule has 0 saturated heterocycles. The summed E-state index contributed by atoms with van der Waals surface area (Å²) in [5, 5.41) is 6.48. The van der Waals surface area contributed by atoms with Gasteiger partial charge in [0, 0.05) is 35.4 Å². The van der Waals surface area contributed by atoms with E-state index in [0.717, 1.165) is 16.9 Å². The highest BCUT2D eigenvalue weighted by Gasteiger charge is 2.11. The molecule has 0 aliphatic rings.